The van der Waals surface area contributed by atoms with Gasteiger partial charge in [0.1, 0.15) is 5.75 Å². The van der Waals surface area contributed by atoms with Crippen LogP contribution in [-0.2, 0) is 6.54 Å². The van der Waals surface area contributed by atoms with E-state index in [9.17, 15) is 0 Å². The molecule has 5 nitrogen and oxygen atoms in total. The zero-order valence-electron chi connectivity index (χ0n) is 17.3. The molecule has 0 spiro atoms. The van der Waals surface area contributed by atoms with Crippen LogP contribution in [0.2, 0.25) is 0 Å². The van der Waals surface area contributed by atoms with Crippen molar-refractivity contribution in [1.29, 1.82) is 0 Å². The van der Waals surface area contributed by atoms with Crippen LogP contribution in [0.3, 0.4) is 0 Å². The van der Waals surface area contributed by atoms with Crippen LogP contribution in [0.25, 0.3) is 0 Å². The predicted octanol–water partition coefficient (Wildman–Crippen LogP) is 3.65. The number of benzene rings is 1. The number of aliphatic imine (C=N–C) groups is 1. The van der Waals surface area contributed by atoms with E-state index in [1.165, 1.54) is 6.42 Å². The molecule has 5 heteroatoms. The van der Waals surface area contributed by atoms with E-state index in [1.807, 2.05) is 25.1 Å². The molecule has 0 fully saturated rings. The molecule has 2 N–H and O–H groups in total. The van der Waals surface area contributed by atoms with Gasteiger partial charge in [0, 0.05) is 18.2 Å². The molecule has 0 aliphatic carbocycles. The minimum Gasteiger partial charge on any atom is -0.494 e. The molecule has 1 aromatic carbocycles. The van der Waals surface area contributed by atoms with Crippen molar-refractivity contribution in [3.05, 3.63) is 29.8 Å². The van der Waals surface area contributed by atoms with Crippen molar-refractivity contribution in [2.45, 2.75) is 60.0 Å². The average molecular weight is 363 g/mol. The van der Waals surface area contributed by atoms with Crippen molar-refractivity contribution < 1.29 is 4.74 Å². The van der Waals surface area contributed by atoms with E-state index >= 15 is 0 Å². The highest BCUT2D eigenvalue weighted by Crippen LogP contribution is 2.18. The van der Waals surface area contributed by atoms with Crippen LogP contribution < -0.4 is 15.4 Å². The summed E-state index contributed by atoms with van der Waals surface area (Å²) < 4.78 is 5.69. The number of nitrogens with one attached hydrogen (secondary N) is 2. The molecule has 1 atom stereocenters. The lowest BCUT2D eigenvalue weighted by Gasteiger charge is -2.21. The van der Waals surface area contributed by atoms with Gasteiger partial charge in [-0.25, -0.2) is 4.99 Å². The van der Waals surface area contributed by atoms with Crippen LogP contribution in [0, 0.1) is 0 Å². The van der Waals surface area contributed by atoms with E-state index < -0.39 is 0 Å². The van der Waals surface area contributed by atoms with Crippen molar-refractivity contribution in [3.63, 3.8) is 0 Å². The number of hydrogen-bond donors (Lipinski definition) is 2. The molecule has 0 aliphatic heterocycles. The Bertz CT molecular complexity index is 514. The number of para-hydroxylation sites is 1. The van der Waals surface area contributed by atoms with E-state index in [0.29, 0.717) is 19.2 Å². The maximum absolute atomic E-state index is 5.69. The summed E-state index contributed by atoms with van der Waals surface area (Å²) >= 11 is 0. The highest BCUT2D eigenvalue weighted by molar-refractivity contribution is 5.80. The first-order chi connectivity index (χ1) is 12.6. The summed E-state index contributed by atoms with van der Waals surface area (Å²) in [5.41, 5.74) is 1.11. The minimum absolute atomic E-state index is 0.394. The van der Waals surface area contributed by atoms with Crippen molar-refractivity contribution in [2.24, 2.45) is 4.99 Å². The van der Waals surface area contributed by atoms with Gasteiger partial charge in [0.25, 0.3) is 0 Å². The number of ether oxygens (including phenoxy) is 1. The summed E-state index contributed by atoms with van der Waals surface area (Å²) in [4.78, 5) is 7.22. The highest BCUT2D eigenvalue weighted by Gasteiger charge is 2.07. The fourth-order valence-electron chi connectivity index (χ4n) is 2.88. The number of rotatable bonds is 12. The lowest BCUT2D eigenvalue weighted by molar-refractivity contribution is 0.292. The van der Waals surface area contributed by atoms with E-state index in [0.717, 1.165) is 49.9 Å². The maximum atomic E-state index is 5.69. The van der Waals surface area contributed by atoms with Crippen molar-refractivity contribution in [3.8, 4) is 5.75 Å². The zero-order valence-corrected chi connectivity index (χ0v) is 17.3. The zero-order chi connectivity index (χ0) is 19.2. The van der Waals surface area contributed by atoms with Crippen LogP contribution in [0.5, 0.6) is 5.75 Å². The molecular formula is C21H38N4O. The molecule has 1 rings (SSSR count). The van der Waals surface area contributed by atoms with Gasteiger partial charge in [0.2, 0.25) is 0 Å². The standard InChI is InChI=1S/C21H38N4O/c1-6-22-21(24-18(5)13-12-16-25(7-2)8-3)23-17-19-14-10-11-15-20(19)26-9-4/h10-11,14-15,18H,6-9,12-13,16-17H2,1-5H3,(H2,22,23,24). The van der Waals surface area contributed by atoms with Gasteiger partial charge in [0.15, 0.2) is 5.96 Å². The summed E-state index contributed by atoms with van der Waals surface area (Å²) in [6, 6.07) is 8.50. The van der Waals surface area contributed by atoms with E-state index in [-0.39, 0.29) is 0 Å². The quantitative estimate of drug-likeness (QED) is 0.440. The number of guanidine groups is 1. The van der Waals surface area contributed by atoms with E-state index in [4.69, 9.17) is 9.73 Å². The highest BCUT2D eigenvalue weighted by atomic mass is 16.5. The van der Waals surface area contributed by atoms with Crippen LogP contribution in [0.1, 0.15) is 53.0 Å². The second-order valence-electron chi connectivity index (χ2n) is 6.45. The molecule has 0 saturated heterocycles. The minimum atomic E-state index is 0.394. The number of hydrogen-bond acceptors (Lipinski definition) is 3. The Balaban J connectivity index is 2.57. The first-order valence-electron chi connectivity index (χ1n) is 10.1. The van der Waals surface area contributed by atoms with Crippen LogP contribution in [0.4, 0.5) is 0 Å². The largest absolute Gasteiger partial charge is 0.494 e. The topological polar surface area (TPSA) is 48.9 Å². The molecule has 0 heterocycles. The second-order valence-corrected chi connectivity index (χ2v) is 6.45. The summed E-state index contributed by atoms with van der Waals surface area (Å²) in [6.07, 6.45) is 2.33. The fourth-order valence-corrected chi connectivity index (χ4v) is 2.88. The normalized spacial score (nSPS) is 12.9. The van der Waals surface area contributed by atoms with Crippen LogP contribution in [-0.4, -0.2) is 49.7 Å². The lowest BCUT2D eigenvalue weighted by Crippen LogP contribution is -2.42. The summed E-state index contributed by atoms with van der Waals surface area (Å²) in [5.74, 6) is 1.79. The Kier molecular flexibility index (Phi) is 11.5. The van der Waals surface area contributed by atoms with Gasteiger partial charge in [-0.15, -0.1) is 0 Å². The van der Waals surface area contributed by atoms with Gasteiger partial charge in [-0.2, -0.15) is 0 Å². The third-order valence-corrected chi connectivity index (χ3v) is 4.41. The summed E-state index contributed by atoms with van der Waals surface area (Å²) in [6.45, 7) is 16.3. The molecule has 26 heavy (non-hydrogen) atoms. The average Bonchev–Trinajstić information content (AvgIpc) is 2.65. The monoisotopic (exact) mass is 362 g/mol. The molecule has 0 aromatic heterocycles. The van der Waals surface area contributed by atoms with Gasteiger partial charge < -0.3 is 20.3 Å². The van der Waals surface area contributed by atoms with Gasteiger partial charge in [0.05, 0.1) is 13.2 Å². The van der Waals surface area contributed by atoms with Gasteiger partial charge >= 0.3 is 0 Å². The summed E-state index contributed by atoms with van der Waals surface area (Å²) in [7, 11) is 0. The molecule has 148 valence electrons. The predicted molar refractivity (Wildman–Crippen MR) is 112 cm³/mol. The SMILES string of the molecule is CCNC(=NCc1ccccc1OCC)NC(C)CCCN(CC)CC. The molecule has 0 bridgehead atoms. The summed E-state index contributed by atoms with van der Waals surface area (Å²) in [5, 5.41) is 6.87. The molecule has 0 radical (unpaired) electrons. The Morgan fingerprint density at radius 1 is 1.15 bits per heavy atom. The third kappa shape index (κ3) is 8.56. The Labute approximate surface area is 160 Å². The molecule has 0 amide bonds. The van der Waals surface area contributed by atoms with Crippen LogP contribution in [0.15, 0.2) is 29.3 Å². The fraction of sp³-hybridized carbons (Fsp3) is 0.667. The molecule has 0 aliphatic rings. The maximum Gasteiger partial charge on any atom is 0.191 e. The van der Waals surface area contributed by atoms with Gasteiger partial charge in [-0.05, 0) is 59.3 Å². The molecule has 0 saturated carbocycles. The van der Waals surface area contributed by atoms with Crippen LogP contribution >= 0.6 is 0 Å². The smallest absolute Gasteiger partial charge is 0.191 e. The molecule has 1 unspecified atom stereocenters. The Hall–Kier alpha value is -1.75. The third-order valence-electron chi connectivity index (χ3n) is 4.41. The van der Waals surface area contributed by atoms with E-state index in [1.54, 1.807) is 0 Å². The van der Waals surface area contributed by atoms with E-state index in [2.05, 4.69) is 49.3 Å². The van der Waals surface area contributed by atoms with Crippen molar-refractivity contribution in [2.75, 3.05) is 32.8 Å². The Morgan fingerprint density at radius 3 is 2.54 bits per heavy atom. The van der Waals surface area contributed by atoms with Gasteiger partial charge in [-0.3, -0.25) is 0 Å². The number of nitrogens with zero attached hydrogens (tertiary/aromatic N) is 2. The second kappa shape index (κ2) is 13.5. The van der Waals surface area contributed by atoms with Crippen molar-refractivity contribution >= 4 is 5.96 Å². The van der Waals surface area contributed by atoms with Gasteiger partial charge in [-0.1, -0.05) is 32.0 Å². The molecule has 1 aromatic rings. The first kappa shape index (κ1) is 22.3. The lowest BCUT2D eigenvalue weighted by atomic mass is 10.2. The van der Waals surface area contributed by atoms with Crippen molar-refractivity contribution in [1.82, 2.24) is 15.5 Å². The first-order valence-corrected chi connectivity index (χ1v) is 10.1. The molecular weight excluding hydrogens is 324 g/mol. The Morgan fingerprint density at radius 2 is 1.88 bits per heavy atom.